The van der Waals surface area contributed by atoms with E-state index in [0.717, 1.165) is 16.3 Å². The highest BCUT2D eigenvalue weighted by Crippen LogP contribution is 2.15. The average Bonchev–Trinajstić information content (AvgIpc) is 2.44. The number of benzene rings is 2. The van der Waals surface area contributed by atoms with Crippen LogP contribution in [0.25, 0.3) is 23.4 Å². The zero-order valence-electron chi connectivity index (χ0n) is 10.6. The molecular weight excluding hydrogens is 252 g/mol. The van der Waals surface area contributed by atoms with Crippen molar-refractivity contribution >= 4 is 23.4 Å². The molecule has 0 atom stereocenters. The molecule has 0 aliphatic rings. The zero-order valence-corrected chi connectivity index (χ0v) is 10.6. The molecule has 0 amide bonds. The van der Waals surface area contributed by atoms with E-state index in [4.69, 9.17) is 0 Å². The van der Waals surface area contributed by atoms with Crippen molar-refractivity contribution in [1.82, 2.24) is 9.97 Å². The van der Waals surface area contributed by atoms with Crippen molar-refractivity contribution in [3.63, 3.8) is 0 Å². The van der Waals surface area contributed by atoms with Crippen molar-refractivity contribution in [2.45, 2.75) is 0 Å². The number of nitrogens with one attached hydrogen (secondary N) is 2. The summed E-state index contributed by atoms with van der Waals surface area (Å²) in [5.74, 6) is 0. The summed E-state index contributed by atoms with van der Waals surface area (Å²) < 4.78 is 0. The van der Waals surface area contributed by atoms with Gasteiger partial charge in [0.1, 0.15) is 5.35 Å². The lowest BCUT2D eigenvalue weighted by atomic mass is 10.1. The van der Waals surface area contributed by atoms with E-state index in [1.54, 1.807) is 6.08 Å². The maximum Gasteiger partial charge on any atom is 0.272 e. The highest BCUT2D eigenvalue weighted by atomic mass is 16.1. The van der Waals surface area contributed by atoms with Crippen LogP contribution in [0.15, 0.2) is 52.1 Å². The molecule has 1 aromatic heterocycles. The molecule has 2 N–H and O–H groups in total. The van der Waals surface area contributed by atoms with Crippen LogP contribution in [-0.2, 0) is 0 Å². The quantitative estimate of drug-likeness (QED) is 0.670. The summed E-state index contributed by atoms with van der Waals surface area (Å²) in [6, 6.07) is 13.8. The molecule has 0 aliphatic heterocycles. The van der Waals surface area contributed by atoms with Gasteiger partial charge in [-0.3, -0.25) is 9.59 Å². The van der Waals surface area contributed by atoms with E-state index < -0.39 is 5.56 Å². The highest BCUT2D eigenvalue weighted by molar-refractivity contribution is 5.84. The smallest absolute Gasteiger partial charge is 0.272 e. The van der Waals surface area contributed by atoms with Gasteiger partial charge in [0.2, 0.25) is 0 Å². The van der Waals surface area contributed by atoms with Crippen molar-refractivity contribution < 1.29 is 0 Å². The van der Waals surface area contributed by atoms with Crippen LogP contribution in [-0.4, -0.2) is 9.97 Å². The summed E-state index contributed by atoms with van der Waals surface area (Å²) >= 11 is 0. The average molecular weight is 264 g/mol. The van der Waals surface area contributed by atoms with Crippen LogP contribution >= 0.6 is 0 Å². The fourth-order valence-corrected chi connectivity index (χ4v) is 2.08. The Morgan fingerprint density at radius 2 is 1.65 bits per heavy atom. The second-order valence-corrected chi connectivity index (χ2v) is 4.55. The molecule has 4 nitrogen and oxygen atoms in total. The molecule has 20 heavy (non-hydrogen) atoms. The van der Waals surface area contributed by atoms with E-state index in [-0.39, 0.29) is 16.3 Å². The number of aromatic amines is 2. The predicted molar refractivity (Wildman–Crippen MR) is 80.0 cm³/mol. The lowest BCUT2D eigenvalue weighted by molar-refractivity contribution is 1.01. The van der Waals surface area contributed by atoms with Crippen LogP contribution in [0.2, 0.25) is 0 Å². The van der Waals surface area contributed by atoms with Crippen LogP contribution in [0.5, 0.6) is 0 Å². The number of hydrogen-bond acceptors (Lipinski definition) is 2. The molecule has 1 heterocycles. The minimum atomic E-state index is -0.392. The van der Waals surface area contributed by atoms with E-state index >= 15 is 0 Å². The van der Waals surface area contributed by atoms with Gasteiger partial charge >= 0.3 is 0 Å². The molecule has 0 fully saturated rings. The fourth-order valence-electron chi connectivity index (χ4n) is 2.08. The van der Waals surface area contributed by atoms with E-state index in [1.807, 2.05) is 42.5 Å². The van der Waals surface area contributed by atoms with Crippen LogP contribution in [0.4, 0.5) is 0 Å². The molecular formula is C16H12N2O2. The third-order valence-electron chi connectivity index (χ3n) is 3.12. The van der Waals surface area contributed by atoms with Gasteiger partial charge in [-0.2, -0.15) is 0 Å². The maximum absolute atomic E-state index is 11.8. The minimum Gasteiger partial charge on any atom is -0.317 e. The second-order valence-electron chi connectivity index (χ2n) is 4.55. The number of hydrogen-bond donors (Lipinski definition) is 2. The fraction of sp³-hybridized carbons (Fsp3) is 0. The summed E-state index contributed by atoms with van der Waals surface area (Å²) in [7, 11) is 0. The lowest BCUT2D eigenvalue weighted by Gasteiger charge is -1.98. The van der Waals surface area contributed by atoms with Crippen molar-refractivity contribution in [1.29, 1.82) is 0 Å². The Hall–Kier alpha value is -2.88. The minimum absolute atomic E-state index is 0.0608. The normalized spacial score (nSPS) is 11.9. The lowest BCUT2D eigenvalue weighted by Crippen LogP contribution is -2.46. The molecule has 0 spiro atoms. The summed E-state index contributed by atoms with van der Waals surface area (Å²) in [5.41, 5.74) is 0.0982. The van der Waals surface area contributed by atoms with Crippen molar-refractivity contribution in [3.05, 3.63) is 79.4 Å². The Labute approximate surface area is 113 Å². The van der Waals surface area contributed by atoms with Gasteiger partial charge in [0.05, 0.1) is 5.35 Å². The van der Waals surface area contributed by atoms with Gasteiger partial charge < -0.3 is 9.97 Å². The third-order valence-corrected chi connectivity index (χ3v) is 3.12. The number of rotatable bonds is 1. The van der Waals surface area contributed by atoms with Gasteiger partial charge in [-0.05, 0) is 28.5 Å². The number of H-pyrrole nitrogens is 2. The van der Waals surface area contributed by atoms with Gasteiger partial charge in [-0.15, -0.1) is 0 Å². The molecule has 0 unspecified atom stereocenters. The Balaban J connectivity index is 2.24. The first-order valence-electron chi connectivity index (χ1n) is 6.15. The standard InChI is InChI=1S/C16H12N2O2/c1-10-15(19)18-14(16(20)17-10)9-11-6-7-12-4-2-3-5-13(12)8-11/h2-9H,1H2,(H,17,20)(H,18,19)/b14-9-. The molecule has 98 valence electrons. The summed E-state index contributed by atoms with van der Waals surface area (Å²) in [6.07, 6.45) is 1.64. The van der Waals surface area contributed by atoms with E-state index in [9.17, 15) is 9.59 Å². The van der Waals surface area contributed by atoms with Crippen LogP contribution in [0, 0.1) is 0 Å². The molecule has 0 saturated carbocycles. The van der Waals surface area contributed by atoms with E-state index in [2.05, 4.69) is 16.5 Å². The molecule has 0 saturated heterocycles. The Morgan fingerprint density at radius 3 is 2.45 bits per heavy atom. The van der Waals surface area contributed by atoms with Crippen molar-refractivity contribution in [3.8, 4) is 0 Å². The first-order valence-corrected chi connectivity index (χ1v) is 6.15. The van der Waals surface area contributed by atoms with Gasteiger partial charge in [0.25, 0.3) is 11.1 Å². The van der Waals surface area contributed by atoms with Crippen molar-refractivity contribution in [2.24, 2.45) is 0 Å². The van der Waals surface area contributed by atoms with Gasteiger partial charge in [0, 0.05) is 0 Å². The second kappa shape index (κ2) is 4.66. The zero-order chi connectivity index (χ0) is 14.1. The first kappa shape index (κ1) is 12.2. The monoisotopic (exact) mass is 264 g/mol. The van der Waals surface area contributed by atoms with Gasteiger partial charge in [0.15, 0.2) is 0 Å². The predicted octanol–water partition coefficient (Wildman–Crippen LogP) is 0.456. The number of fused-ring (bicyclic) bond motifs is 1. The SMILES string of the molecule is C=c1[nH]c(=O)/c(=C/c2ccc3ccccc3c2)[nH]c1=O. The Bertz CT molecular complexity index is 1010. The summed E-state index contributed by atoms with van der Waals surface area (Å²) in [6.45, 7) is 3.46. The summed E-state index contributed by atoms with van der Waals surface area (Å²) in [5, 5.41) is 2.48. The first-order chi connectivity index (χ1) is 9.63. The van der Waals surface area contributed by atoms with Gasteiger partial charge in [-0.1, -0.05) is 43.0 Å². The Morgan fingerprint density at radius 1 is 0.900 bits per heavy atom. The topological polar surface area (TPSA) is 65.7 Å². The van der Waals surface area contributed by atoms with Crippen LogP contribution in [0.3, 0.4) is 0 Å². The highest BCUT2D eigenvalue weighted by Gasteiger charge is 1.96. The van der Waals surface area contributed by atoms with Gasteiger partial charge in [-0.25, -0.2) is 0 Å². The van der Waals surface area contributed by atoms with Crippen LogP contribution in [0.1, 0.15) is 5.56 Å². The molecule has 3 rings (SSSR count). The molecule has 4 heteroatoms. The molecule has 3 aromatic rings. The van der Waals surface area contributed by atoms with E-state index in [0.29, 0.717) is 0 Å². The third kappa shape index (κ3) is 2.19. The number of aromatic nitrogens is 2. The van der Waals surface area contributed by atoms with Crippen LogP contribution < -0.4 is 21.8 Å². The Kier molecular flexibility index (Phi) is 2.84. The molecule has 0 bridgehead atoms. The molecule has 0 aliphatic carbocycles. The maximum atomic E-state index is 11.8. The largest absolute Gasteiger partial charge is 0.317 e. The summed E-state index contributed by atoms with van der Waals surface area (Å²) in [4.78, 5) is 28.2. The molecule has 0 radical (unpaired) electrons. The van der Waals surface area contributed by atoms with E-state index in [1.165, 1.54) is 0 Å². The van der Waals surface area contributed by atoms with Crippen molar-refractivity contribution in [2.75, 3.05) is 0 Å². The molecule has 2 aromatic carbocycles.